The summed E-state index contributed by atoms with van der Waals surface area (Å²) in [6.07, 6.45) is -3.82. The lowest BCUT2D eigenvalue weighted by molar-refractivity contribution is -0.267. The van der Waals surface area contributed by atoms with Crippen molar-refractivity contribution in [3.05, 3.63) is 29.3 Å². The van der Waals surface area contributed by atoms with Crippen LogP contribution in [0.3, 0.4) is 0 Å². The molecule has 0 amide bonds. The van der Waals surface area contributed by atoms with E-state index in [2.05, 4.69) is 0 Å². The van der Waals surface area contributed by atoms with E-state index in [0.29, 0.717) is 18.4 Å². The van der Waals surface area contributed by atoms with Crippen molar-refractivity contribution in [2.75, 3.05) is 13.2 Å². The monoisotopic (exact) mass is 319 g/mol. The number of benzene rings is 1. The average molecular weight is 319 g/mol. The van der Waals surface area contributed by atoms with Crippen LogP contribution in [0.2, 0.25) is 0 Å². The number of aromatic hydroxyl groups is 1. The lowest BCUT2D eigenvalue weighted by Gasteiger charge is -2.41. The molecule has 0 atom stereocenters. The second-order valence-corrected chi connectivity index (χ2v) is 6.19. The summed E-state index contributed by atoms with van der Waals surface area (Å²) < 4.78 is 49.3. The van der Waals surface area contributed by atoms with Crippen LogP contribution in [0.15, 0.2) is 18.2 Å². The maximum Gasteiger partial charge on any atom is 0.419 e. The fraction of sp³-hybridized carbons (Fsp3) is 0.600. The first kappa shape index (κ1) is 17.1. The van der Waals surface area contributed by atoms with Crippen LogP contribution in [0.4, 0.5) is 13.2 Å². The quantitative estimate of drug-likeness (QED) is 0.899. The molecule has 0 unspecified atom stereocenters. The Labute approximate surface area is 127 Å². The fourth-order valence-corrected chi connectivity index (χ4v) is 2.22. The Hall–Kier alpha value is -1.31. The summed E-state index contributed by atoms with van der Waals surface area (Å²) in [4.78, 5) is 0. The molecule has 0 aliphatic carbocycles. The molecule has 1 aliphatic heterocycles. The normalized spacial score (nSPS) is 20.8. The van der Waals surface area contributed by atoms with E-state index in [1.165, 1.54) is 6.07 Å². The van der Waals surface area contributed by atoms with Crippen LogP contribution in [0.25, 0.3) is 0 Å². The van der Waals surface area contributed by atoms with E-state index in [1.807, 2.05) is 0 Å². The van der Waals surface area contributed by atoms with Crippen molar-refractivity contribution in [3.63, 3.8) is 0 Å². The van der Waals surface area contributed by atoms with E-state index in [9.17, 15) is 18.3 Å². The highest BCUT2D eigenvalue weighted by Gasteiger charge is 2.37. The van der Waals surface area contributed by atoms with Gasteiger partial charge in [0.25, 0.3) is 0 Å². The molecule has 1 aliphatic rings. The van der Waals surface area contributed by atoms with Crippen molar-refractivity contribution < 1.29 is 27.8 Å². The van der Waals surface area contributed by atoms with Gasteiger partial charge < -0.3 is 20.3 Å². The van der Waals surface area contributed by atoms with Crippen LogP contribution in [0, 0.1) is 0 Å². The number of hydrogen-bond acceptors (Lipinski definition) is 4. The fourth-order valence-electron chi connectivity index (χ4n) is 2.22. The van der Waals surface area contributed by atoms with Crippen LogP contribution < -0.4 is 5.73 Å². The van der Waals surface area contributed by atoms with Gasteiger partial charge in [-0.2, -0.15) is 13.2 Å². The molecule has 1 heterocycles. The molecule has 0 bridgehead atoms. The number of rotatable bonds is 3. The molecular weight excluding hydrogens is 299 g/mol. The van der Waals surface area contributed by atoms with Gasteiger partial charge in [0.05, 0.1) is 24.3 Å². The van der Waals surface area contributed by atoms with Crippen LogP contribution in [-0.4, -0.2) is 29.6 Å². The zero-order chi connectivity index (χ0) is 16.6. The van der Waals surface area contributed by atoms with E-state index in [4.69, 9.17) is 15.2 Å². The lowest BCUT2D eigenvalue weighted by atomic mass is 9.92. The van der Waals surface area contributed by atoms with E-state index in [1.54, 1.807) is 13.8 Å². The van der Waals surface area contributed by atoms with Crippen LogP contribution in [0.1, 0.15) is 31.4 Å². The van der Waals surface area contributed by atoms with Crippen molar-refractivity contribution in [3.8, 4) is 5.75 Å². The number of phenols is 1. The number of halogens is 3. The molecule has 1 saturated heterocycles. The maximum atomic E-state index is 12.8. The highest BCUT2D eigenvalue weighted by Crippen LogP contribution is 2.36. The van der Waals surface area contributed by atoms with Crippen molar-refractivity contribution in [1.29, 1.82) is 0 Å². The third-order valence-electron chi connectivity index (χ3n) is 3.69. The maximum absolute atomic E-state index is 12.8. The van der Waals surface area contributed by atoms with Crippen LogP contribution >= 0.6 is 0 Å². The van der Waals surface area contributed by atoms with Crippen molar-refractivity contribution >= 4 is 0 Å². The molecular formula is C15H20F3NO3. The third kappa shape index (κ3) is 4.12. The highest BCUT2D eigenvalue weighted by atomic mass is 19.4. The second kappa shape index (κ2) is 5.72. The molecule has 7 heteroatoms. The molecule has 4 nitrogen and oxygen atoms in total. The number of ether oxygens (including phenoxy) is 2. The summed E-state index contributed by atoms with van der Waals surface area (Å²) in [6.45, 7) is 4.12. The average Bonchev–Trinajstić information content (AvgIpc) is 2.41. The number of phenolic OH excluding ortho intramolecular Hbond substituents is 1. The van der Waals surface area contributed by atoms with Gasteiger partial charge in [-0.3, -0.25) is 0 Å². The Balaban J connectivity index is 2.03. The van der Waals surface area contributed by atoms with Crippen molar-refractivity contribution in [2.24, 2.45) is 5.73 Å². The minimum Gasteiger partial charge on any atom is -0.507 e. The Morgan fingerprint density at radius 2 is 1.82 bits per heavy atom. The number of alkyl halides is 3. The zero-order valence-electron chi connectivity index (χ0n) is 12.5. The SMILES string of the molecule is CC1(C)OCC(N)(CCc2ccc(O)c(C(F)(F)F)c2)CO1. The topological polar surface area (TPSA) is 64.7 Å². The minimum absolute atomic E-state index is 0.282. The van der Waals surface area contributed by atoms with Crippen molar-refractivity contribution in [2.45, 2.75) is 44.2 Å². The number of hydrogen-bond donors (Lipinski definition) is 2. The van der Waals surface area contributed by atoms with Gasteiger partial charge in [-0.15, -0.1) is 0 Å². The van der Waals surface area contributed by atoms with Gasteiger partial charge in [0.2, 0.25) is 0 Å². The summed E-state index contributed by atoms with van der Waals surface area (Å²) >= 11 is 0. The Morgan fingerprint density at radius 1 is 1.23 bits per heavy atom. The van der Waals surface area contributed by atoms with Gasteiger partial charge in [0, 0.05) is 0 Å². The van der Waals surface area contributed by atoms with E-state index < -0.39 is 28.8 Å². The first-order chi connectivity index (χ1) is 10.0. The molecule has 3 N–H and O–H groups in total. The second-order valence-electron chi connectivity index (χ2n) is 6.19. The van der Waals surface area contributed by atoms with Gasteiger partial charge in [0.1, 0.15) is 5.75 Å². The first-order valence-electron chi connectivity index (χ1n) is 6.97. The van der Waals surface area contributed by atoms with Gasteiger partial charge in [-0.25, -0.2) is 0 Å². The smallest absolute Gasteiger partial charge is 0.419 e. The number of nitrogens with two attached hydrogens (primary N) is 1. The molecule has 0 saturated carbocycles. The highest BCUT2D eigenvalue weighted by molar-refractivity contribution is 5.38. The molecule has 22 heavy (non-hydrogen) atoms. The summed E-state index contributed by atoms with van der Waals surface area (Å²) in [7, 11) is 0. The summed E-state index contributed by atoms with van der Waals surface area (Å²) in [5.74, 6) is -1.46. The summed E-state index contributed by atoms with van der Waals surface area (Å²) in [5.41, 5.74) is 4.85. The van der Waals surface area contributed by atoms with Gasteiger partial charge in [-0.1, -0.05) is 6.07 Å². The first-order valence-corrected chi connectivity index (χ1v) is 6.97. The largest absolute Gasteiger partial charge is 0.507 e. The Bertz CT molecular complexity index is 533. The Morgan fingerprint density at radius 3 is 2.36 bits per heavy atom. The molecule has 1 aromatic carbocycles. The Kier molecular flexibility index (Phi) is 4.43. The van der Waals surface area contributed by atoms with Crippen LogP contribution in [-0.2, 0) is 22.1 Å². The zero-order valence-corrected chi connectivity index (χ0v) is 12.5. The molecule has 1 aromatic rings. The van der Waals surface area contributed by atoms with Crippen LogP contribution in [0.5, 0.6) is 5.75 Å². The third-order valence-corrected chi connectivity index (χ3v) is 3.69. The lowest BCUT2D eigenvalue weighted by Crippen LogP contribution is -2.57. The molecule has 124 valence electrons. The molecule has 0 aromatic heterocycles. The predicted octanol–water partition coefficient (Wildman–Crippen LogP) is 2.82. The van der Waals surface area contributed by atoms with E-state index in [-0.39, 0.29) is 13.2 Å². The van der Waals surface area contributed by atoms with Gasteiger partial charge in [0.15, 0.2) is 5.79 Å². The minimum atomic E-state index is -4.58. The predicted molar refractivity (Wildman–Crippen MR) is 74.3 cm³/mol. The van der Waals surface area contributed by atoms with Gasteiger partial charge in [-0.05, 0) is 44.4 Å². The summed E-state index contributed by atoms with van der Waals surface area (Å²) in [5, 5.41) is 9.31. The molecule has 1 fully saturated rings. The van der Waals surface area contributed by atoms with E-state index in [0.717, 1.165) is 12.1 Å². The molecule has 0 radical (unpaired) electrons. The van der Waals surface area contributed by atoms with Gasteiger partial charge >= 0.3 is 6.18 Å². The number of aryl methyl sites for hydroxylation is 1. The van der Waals surface area contributed by atoms with E-state index >= 15 is 0 Å². The van der Waals surface area contributed by atoms with Crippen molar-refractivity contribution in [1.82, 2.24) is 0 Å². The summed E-state index contributed by atoms with van der Waals surface area (Å²) in [6, 6.07) is 3.47. The molecule has 0 spiro atoms. The standard InChI is InChI=1S/C15H20F3NO3/c1-13(2)21-8-14(19,9-22-13)6-5-10-3-4-12(20)11(7-10)15(16,17)18/h3-4,7,20H,5-6,8-9,19H2,1-2H3. The molecule has 2 rings (SSSR count).